The molecule has 0 aromatic rings. The second-order valence-corrected chi connectivity index (χ2v) is 6.21. The van der Waals surface area contributed by atoms with Crippen LogP contribution >= 0.6 is 0 Å². The lowest BCUT2D eigenvalue weighted by Crippen LogP contribution is -2.44. The molecule has 21 heavy (non-hydrogen) atoms. The van der Waals surface area contributed by atoms with Crippen molar-refractivity contribution in [2.24, 2.45) is 5.92 Å². The van der Waals surface area contributed by atoms with Gasteiger partial charge in [-0.3, -0.25) is 9.59 Å². The molecule has 120 valence electrons. The van der Waals surface area contributed by atoms with Crippen molar-refractivity contribution in [3.63, 3.8) is 0 Å². The summed E-state index contributed by atoms with van der Waals surface area (Å²) in [5, 5.41) is 0. The highest BCUT2D eigenvalue weighted by molar-refractivity contribution is 5.97. The molecule has 1 fully saturated rings. The molecule has 1 aliphatic rings. The number of carbonyl (C=O) groups excluding carboxylic acids is 3. The zero-order valence-electron chi connectivity index (χ0n) is 13.3. The number of hydrogen-bond donors (Lipinski definition) is 0. The Hall–Kier alpha value is -1.59. The molecule has 0 N–H and O–H groups in total. The Morgan fingerprint density at radius 1 is 1.24 bits per heavy atom. The summed E-state index contributed by atoms with van der Waals surface area (Å²) in [5.41, 5.74) is -0.557. The van der Waals surface area contributed by atoms with Gasteiger partial charge in [0.15, 0.2) is 0 Å². The monoisotopic (exact) mass is 299 g/mol. The van der Waals surface area contributed by atoms with Crippen LogP contribution in [0.5, 0.6) is 0 Å². The highest BCUT2D eigenvalue weighted by Crippen LogP contribution is 2.21. The Kier molecular flexibility index (Phi) is 6.18. The molecule has 6 heteroatoms. The largest absolute Gasteiger partial charge is 0.466 e. The van der Waals surface area contributed by atoms with Crippen molar-refractivity contribution < 1.29 is 23.9 Å². The fraction of sp³-hybridized carbons (Fsp3) is 0.800. The van der Waals surface area contributed by atoms with E-state index in [9.17, 15) is 14.4 Å². The molecule has 0 saturated carbocycles. The lowest BCUT2D eigenvalue weighted by Gasteiger charge is -2.33. The number of nitrogens with zero attached hydrogens (tertiary/aromatic N) is 1. The van der Waals surface area contributed by atoms with Gasteiger partial charge in [-0.05, 0) is 40.5 Å². The van der Waals surface area contributed by atoms with Gasteiger partial charge in [-0.1, -0.05) is 0 Å². The number of ether oxygens (including phenoxy) is 2. The summed E-state index contributed by atoms with van der Waals surface area (Å²) in [7, 11) is 0. The molecule has 1 aliphatic heterocycles. The molecule has 0 aromatic carbocycles. The maximum absolute atomic E-state index is 12.1. The van der Waals surface area contributed by atoms with Gasteiger partial charge < -0.3 is 14.4 Å². The van der Waals surface area contributed by atoms with E-state index in [1.54, 1.807) is 32.6 Å². The predicted octanol–water partition coefficient (Wildman–Crippen LogP) is 2.16. The van der Waals surface area contributed by atoms with Crippen molar-refractivity contribution in [1.82, 2.24) is 4.90 Å². The van der Waals surface area contributed by atoms with Crippen LogP contribution in [0.4, 0.5) is 4.79 Å². The lowest BCUT2D eigenvalue weighted by atomic mass is 9.92. The third-order valence-electron chi connectivity index (χ3n) is 3.15. The summed E-state index contributed by atoms with van der Waals surface area (Å²) in [6.45, 7) is 8.27. The molecule has 1 atom stereocenters. The van der Waals surface area contributed by atoms with Crippen molar-refractivity contribution >= 4 is 17.8 Å². The first-order valence-electron chi connectivity index (χ1n) is 7.39. The van der Waals surface area contributed by atoms with Crippen LogP contribution in [0.3, 0.4) is 0 Å². The molecule has 0 bridgehead atoms. The van der Waals surface area contributed by atoms with Crippen molar-refractivity contribution in [3.8, 4) is 0 Å². The quantitative estimate of drug-likeness (QED) is 0.587. The highest BCUT2D eigenvalue weighted by atomic mass is 16.6. The van der Waals surface area contributed by atoms with Crippen LogP contribution in [0.25, 0.3) is 0 Å². The van der Waals surface area contributed by atoms with Crippen LogP contribution in [0.15, 0.2) is 0 Å². The number of carbonyl (C=O) groups is 3. The average Bonchev–Trinajstić information content (AvgIpc) is 2.37. The van der Waals surface area contributed by atoms with Crippen molar-refractivity contribution in [2.75, 3.05) is 19.7 Å². The number of hydrogen-bond acceptors (Lipinski definition) is 5. The van der Waals surface area contributed by atoms with E-state index in [0.29, 0.717) is 19.5 Å². The van der Waals surface area contributed by atoms with E-state index in [1.165, 1.54) is 0 Å². The van der Waals surface area contributed by atoms with Gasteiger partial charge in [0.05, 0.1) is 6.61 Å². The summed E-state index contributed by atoms with van der Waals surface area (Å²) >= 11 is 0. The minimum atomic E-state index is -0.557. The van der Waals surface area contributed by atoms with E-state index >= 15 is 0 Å². The molecule has 0 spiro atoms. The van der Waals surface area contributed by atoms with Crippen molar-refractivity contribution in [2.45, 2.75) is 52.6 Å². The number of rotatable bonds is 4. The molecule has 1 rings (SSSR count). The smallest absolute Gasteiger partial charge is 0.410 e. The fourth-order valence-electron chi connectivity index (χ4n) is 2.23. The van der Waals surface area contributed by atoms with E-state index in [0.717, 1.165) is 6.42 Å². The first kappa shape index (κ1) is 17.5. The number of esters is 1. The Morgan fingerprint density at radius 3 is 2.48 bits per heavy atom. The SMILES string of the molecule is CCOC(=O)CC(=O)[C@H]1CCCN(C(=O)OC(C)(C)C)C1. The molecule has 1 amide bonds. The summed E-state index contributed by atoms with van der Waals surface area (Å²) < 4.78 is 10.1. The van der Waals surface area contributed by atoms with Crippen LogP contribution in [0.1, 0.15) is 47.0 Å². The number of piperidine rings is 1. The van der Waals surface area contributed by atoms with Gasteiger partial charge in [-0.2, -0.15) is 0 Å². The number of Topliss-reactive ketones (excluding diaryl/α,β-unsaturated/α-hetero) is 1. The molecule has 0 radical (unpaired) electrons. The standard InChI is InChI=1S/C15H25NO5/c1-5-20-13(18)9-12(17)11-7-6-8-16(10-11)14(19)21-15(2,3)4/h11H,5-10H2,1-4H3/t11-/m0/s1. The zero-order valence-corrected chi connectivity index (χ0v) is 13.3. The van der Waals surface area contributed by atoms with Gasteiger partial charge in [0.2, 0.25) is 0 Å². The maximum atomic E-state index is 12.1. The van der Waals surface area contributed by atoms with Gasteiger partial charge in [-0.15, -0.1) is 0 Å². The average molecular weight is 299 g/mol. The van der Waals surface area contributed by atoms with E-state index < -0.39 is 17.7 Å². The first-order valence-corrected chi connectivity index (χ1v) is 7.39. The van der Waals surface area contributed by atoms with E-state index in [2.05, 4.69) is 0 Å². The Balaban J connectivity index is 2.53. The van der Waals surface area contributed by atoms with Gasteiger partial charge in [0, 0.05) is 19.0 Å². The topological polar surface area (TPSA) is 72.9 Å². The zero-order chi connectivity index (χ0) is 16.0. The van der Waals surface area contributed by atoms with Gasteiger partial charge in [-0.25, -0.2) is 4.79 Å². The minimum absolute atomic E-state index is 0.165. The first-order chi connectivity index (χ1) is 9.73. The van der Waals surface area contributed by atoms with Crippen LogP contribution in [-0.2, 0) is 19.1 Å². The molecule has 1 saturated heterocycles. The molecule has 0 unspecified atom stereocenters. The van der Waals surface area contributed by atoms with Crippen LogP contribution in [0, 0.1) is 5.92 Å². The molecular weight excluding hydrogens is 274 g/mol. The summed E-state index contributed by atoms with van der Waals surface area (Å²) in [4.78, 5) is 37.0. The second kappa shape index (κ2) is 7.43. The van der Waals surface area contributed by atoms with E-state index in [-0.39, 0.29) is 24.7 Å². The fourth-order valence-corrected chi connectivity index (χ4v) is 2.23. The normalized spacial score (nSPS) is 19.0. The summed E-state index contributed by atoms with van der Waals surface area (Å²) in [6.07, 6.45) is 0.799. The molecule has 0 aliphatic carbocycles. The third kappa shape index (κ3) is 6.14. The Labute approximate surface area is 125 Å². The van der Waals surface area contributed by atoms with Crippen LogP contribution in [0.2, 0.25) is 0 Å². The lowest BCUT2D eigenvalue weighted by molar-refractivity contribution is -0.146. The number of likely N-dealkylation sites (tertiary alicyclic amines) is 1. The molecule has 1 heterocycles. The third-order valence-corrected chi connectivity index (χ3v) is 3.15. The Bertz CT molecular complexity index is 399. The van der Waals surface area contributed by atoms with E-state index in [1.807, 2.05) is 0 Å². The molecule has 6 nitrogen and oxygen atoms in total. The van der Waals surface area contributed by atoms with Crippen molar-refractivity contribution in [1.29, 1.82) is 0 Å². The molecular formula is C15H25NO5. The number of ketones is 1. The number of amides is 1. The summed E-state index contributed by atoms with van der Waals surface area (Å²) in [6, 6.07) is 0. The molecule has 0 aromatic heterocycles. The Morgan fingerprint density at radius 2 is 1.90 bits per heavy atom. The van der Waals surface area contributed by atoms with Gasteiger partial charge in [0.1, 0.15) is 17.8 Å². The highest BCUT2D eigenvalue weighted by Gasteiger charge is 2.31. The van der Waals surface area contributed by atoms with E-state index in [4.69, 9.17) is 9.47 Å². The van der Waals surface area contributed by atoms with Gasteiger partial charge >= 0.3 is 12.1 Å². The minimum Gasteiger partial charge on any atom is -0.466 e. The van der Waals surface area contributed by atoms with Crippen LogP contribution < -0.4 is 0 Å². The maximum Gasteiger partial charge on any atom is 0.410 e. The van der Waals surface area contributed by atoms with Crippen molar-refractivity contribution in [3.05, 3.63) is 0 Å². The van der Waals surface area contributed by atoms with Crippen LogP contribution in [-0.4, -0.2) is 48.0 Å². The predicted molar refractivity (Wildman–Crippen MR) is 76.8 cm³/mol. The van der Waals surface area contributed by atoms with Gasteiger partial charge in [0.25, 0.3) is 0 Å². The summed E-state index contributed by atoms with van der Waals surface area (Å²) in [5.74, 6) is -0.978. The second-order valence-electron chi connectivity index (χ2n) is 6.21.